The molecule has 0 bridgehead atoms. The minimum Gasteiger partial charge on any atom is -0.354 e. The number of guanidine groups is 1. The van der Waals surface area contributed by atoms with Crippen molar-refractivity contribution in [3.05, 3.63) is 35.9 Å². The zero-order valence-corrected chi connectivity index (χ0v) is 14.4. The van der Waals surface area contributed by atoms with Crippen LogP contribution in [-0.4, -0.2) is 50.0 Å². The molecule has 1 aromatic rings. The molecule has 5 heteroatoms. The first-order chi connectivity index (χ1) is 11.1. The third kappa shape index (κ3) is 4.98. The third-order valence-electron chi connectivity index (χ3n) is 4.20. The third-order valence-corrected chi connectivity index (χ3v) is 4.20. The van der Waals surface area contributed by atoms with Gasteiger partial charge >= 0.3 is 0 Å². The SMILES string of the molecule is CN=C(NCCNC(=O)C(C)C)N1CCC(c2ccccc2)C1. The highest BCUT2D eigenvalue weighted by Crippen LogP contribution is 2.26. The fraction of sp³-hybridized carbons (Fsp3) is 0.556. The lowest BCUT2D eigenvalue weighted by molar-refractivity contribution is -0.123. The quantitative estimate of drug-likeness (QED) is 0.495. The van der Waals surface area contributed by atoms with Crippen LogP contribution in [0.4, 0.5) is 0 Å². The first-order valence-corrected chi connectivity index (χ1v) is 8.40. The maximum absolute atomic E-state index is 11.5. The van der Waals surface area contributed by atoms with Crippen LogP contribution < -0.4 is 10.6 Å². The summed E-state index contributed by atoms with van der Waals surface area (Å²) in [4.78, 5) is 18.2. The summed E-state index contributed by atoms with van der Waals surface area (Å²) in [6.45, 7) is 7.11. The van der Waals surface area contributed by atoms with Crippen molar-refractivity contribution >= 4 is 11.9 Å². The molecule has 5 nitrogen and oxygen atoms in total. The molecule has 1 aliphatic heterocycles. The van der Waals surface area contributed by atoms with Crippen molar-refractivity contribution in [3.63, 3.8) is 0 Å². The Kier molecular flexibility index (Phi) is 6.44. The molecule has 0 radical (unpaired) electrons. The van der Waals surface area contributed by atoms with Crippen molar-refractivity contribution in [1.82, 2.24) is 15.5 Å². The lowest BCUT2D eigenvalue weighted by atomic mass is 9.99. The second-order valence-electron chi connectivity index (χ2n) is 6.26. The van der Waals surface area contributed by atoms with E-state index in [9.17, 15) is 4.79 Å². The van der Waals surface area contributed by atoms with Crippen LogP contribution in [0.15, 0.2) is 35.3 Å². The molecular weight excluding hydrogens is 288 g/mol. The average Bonchev–Trinajstić information content (AvgIpc) is 3.05. The van der Waals surface area contributed by atoms with Gasteiger partial charge in [-0.2, -0.15) is 0 Å². The molecule has 126 valence electrons. The van der Waals surface area contributed by atoms with Crippen LogP contribution in [0.1, 0.15) is 31.7 Å². The molecule has 0 aromatic heterocycles. The number of carbonyl (C=O) groups excluding carboxylic acids is 1. The largest absolute Gasteiger partial charge is 0.354 e. The van der Waals surface area contributed by atoms with E-state index in [1.165, 1.54) is 5.56 Å². The number of aliphatic imine (C=N–C) groups is 1. The molecule has 0 saturated carbocycles. The highest BCUT2D eigenvalue weighted by atomic mass is 16.1. The number of carbonyl (C=O) groups is 1. The van der Waals surface area contributed by atoms with Gasteiger partial charge in [-0.25, -0.2) is 0 Å². The van der Waals surface area contributed by atoms with E-state index < -0.39 is 0 Å². The lowest BCUT2D eigenvalue weighted by Crippen LogP contribution is -2.43. The smallest absolute Gasteiger partial charge is 0.222 e. The molecular formula is C18H28N4O. The van der Waals surface area contributed by atoms with Crippen molar-refractivity contribution < 1.29 is 4.79 Å². The standard InChI is InChI=1S/C18H28N4O/c1-14(2)17(23)20-10-11-21-18(19-3)22-12-9-16(13-22)15-7-5-4-6-8-15/h4-8,14,16H,9-13H2,1-3H3,(H,19,21)(H,20,23). The molecule has 1 amide bonds. The van der Waals surface area contributed by atoms with Crippen molar-refractivity contribution in [2.24, 2.45) is 10.9 Å². The summed E-state index contributed by atoms with van der Waals surface area (Å²) in [5.41, 5.74) is 1.40. The summed E-state index contributed by atoms with van der Waals surface area (Å²) in [6.07, 6.45) is 1.15. The fourth-order valence-electron chi connectivity index (χ4n) is 2.85. The predicted molar refractivity (Wildman–Crippen MR) is 94.6 cm³/mol. The van der Waals surface area contributed by atoms with Crippen LogP contribution in [0, 0.1) is 5.92 Å². The summed E-state index contributed by atoms with van der Waals surface area (Å²) in [7, 11) is 1.81. The molecule has 1 aromatic carbocycles. The van der Waals surface area contributed by atoms with Gasteiger partial charge in [0.05, 0.1) is 0 Å². The Labute approximate surface area is 139 Å². The molecule has 1 unspecified atom stereocenters. The van der Waals surface area contributed by atoms with Crippen molar-refractivity contribution in [2.45, 2.75) is 26.2 Å². The number of amides is 1. The average molecular weight is 316 g/mol. The van der Waals surface area contributed by atoms with Crippen LogP contribution in [0.25, 0.3) is 0 Å². The van der Waals surface area contributed by atoms with Gasteiger partial charge in [0.15, 0.2) is 5.96 Å². The summed E-state index contributed by atoms with van der Waals surface area (Å²) in [5.74, 6) is 1.60. The monoisotopic (exact) mass is 316 g/mol. The Morgan fingerprint density at radius 3 is 2.61 bits per heavy atom. The van der Waals surface area contributed by atoms with Crippen molar-refractivity contribution in [1.29, 1.82) is 0 Å². The maximum atomic E-state index is 11.5. The first-order valence-electron chi connectivity index (χ1n) is 8.40. The molecule has 1 fully saturated rings. The van der Waals surface area contributed by atoms with Crippen LogP contribution in [0.3, 0.4) is 0 Å². The minimum atomic E-state index is 0.0273. The number of nitrogens with one attached hydrogen (secondary N) is 2. The zero-order chi connectivity index (χ0) is 16.7. The van der Waals surface area contributed by atoms with E-state index in [4.69, 9.17) is 0 Å². The van der Waals surface area contributed by atoms with Gasteiger partial charge in [0, 0.05) is 45.1 Å². The van der Waals surface area contributed by atoms with Gasteiger partial charge in [-0.15, -0.1) is 0 Å². The highest BCUT2D eigenvalue weighted by molar-refractivity contribution is 5.80. The van der Waals surface area contributed by atoms with E-state index >= 15 is 0 Å². The van der Waals surface area contributed by atoms with Gasteiger partial charge < -0.3 is 15.5 Å². The van der Waals surface area contributed by atoms with Crippen LogP contribution in [-0.2, 0) is 4.79 Å². The van der Waals surface area contributed by atoms with Gasteiger partial charge in [-0.05, 0) is 12.0 Å². The number of benzene rings is 1. The summed E-state index contributed by atoms with van der Waals surface area (Å²) < 4.78 is 0. The van der Waals surface area contributed by atoms with E-state index in [0.717, 1.165) is 25.5 Å². The molecule has 1 aliphatic rings. The Morgan fingerprint density at radius 2 is 1.96 bits per heavy atom. The number of nitrogens with zero attached hydrogens (tertiary/aromatic N) is 2. The summed E-state index contributed by atoms with van der Waals surface area (Å²) in [5, 5.41) is 6.25. The van der Waals surface area contributed by atoms with Gasteiger partial charge in [-0.1, -0.05) is 44.2 Å². The number of hydrogen-bond donors (Lipinski definition) is 2. The normalized spacial score (nSPS) is 18.3. The molecule has 23 heavy (non-hydrogen) atoms. The maximum Gasteiger partial charge on any atom is 0.222 e. The van der Waals surface area contributed by atoms with Crippen molar-refractivity contribution in [3.8, 4) is 0 Å². The highest BCUT2D eigenvalue weighted by Gasteiger charge is 2.25. The van der Waals surface area contributed by atoms with Gasteiger partial charge in [0.1, 0.15) is 0 Å². The Balaban J connectivity index is 1.78. The van der Waals surface area contributed by atoms with Crippen molar-refractivity contribution in [2.75, 3.05) is 33.2 Å². The van der Waals surface area contributed by atoms with Crippen LogP contribution in [0.5, 0.6) is 0 Å². The Hall–Kier alpha value is -2.04. The topological polar surface area (TPSA) is 56.7 Å². The predicted octanol–water partition coefficient (Wildman–Crippen LogP) is 1.82. The molecule has 2 rings (SSSR count). The summed E-state index contributed by atoms with van der Waals surface area (Å²) in [6, 6.07) is 10.7. The van der Waals surface area contributed by atoms with E-state index in [1.807, 2.05) is 20.9 Å². The Bertz CT molecular complexity index is 527. The number of rotatable bonds is 5. The fourth-order valence-corrected chi connectivity index (χ4v) is 2.85. The first kappa shape index (κ1) is 17.3. The second-order valence-corrected chi connectivity index (χ2v) is 6.26. The Morgan fingerprint density at radius 1 is 1.26 bits per heavy atom. The lowest BCUT2D eigenvalue weighted by Gasteiger charge is -2.22. The molecule has 1 atom stereocenters. The molecule has 0 aliphatic carbocycles. The van der Waals surface area contributed by atoms with E-state index in [-0.39, 0.29) is 11.8 Å². The van der Waals surface area contributed by atoms with Gasteiger partial charge in [0.25, 0.3) is 0 Å². The summed E-state index contributed by atoms with van der Waals surface area (Å²) >= 11 is 0. The van der Waals surface area contributed by atoms with Crippen LogP contribution in [0.2, 0.25) is 0 Å². The van der Waals surface area contributed by atoms with Gasteiger partial charge in [0.2, 0.25) is 5.91 Å². The van der Waals surface area contributed by atoms with Crippen LogP contribution >= 0.6 is 0 Å². The molecule has 1 heterocycles. The molecule has 0 spiro atoms. The minimum absolute atomic E-state index is 0.0273. The second kappa shape index (κ2) is 8.56. The number of hydrogen-bond acceptors (Lipinski definition) is 2. The molecule has 1 saturated heterocycles. The van der Waals surface area contributed by atoms with E-state index in [1.54, 1.807) is 0 Å². The van der Waals surface area contributed by atoms with E-state index in [2.05, 4.69) is 50.9 Å². The van der Waals surface area contributed by atoms with Gasteiger partial charge in [-0.3, -0.25) is 9.79 Å². The number of likely N-dealkylation sites (tertiary alicyclic amines) is 1. The zero-order valence-electron chi connectivity index (χ0n) is 14.4. The molecule has 2 N–H and O–H groups in total. The van der Waals surface area contributed by atoms with E-state index in [0.29, 0.717) is 19.0 Å².